The lowest BCUT2D eigenvalue weighted by Crippen LogP contribution is -2.20. The van der Waals surface area contributed by atoms with Crippen LogP contribution in [0.5, 0.6) is 5.75 Å². The third-order valence-electron chi connectivity index (χ3n) is 3.83. The monoisotopic (exact) mass is 383 g/mol. The number of carbonyl (C=O) groups excluding carboxylic acids is 1. The van der Waals surface area contributed by atoms with Crippen molar-refractivity contribution in [3.05, 3.63) is 70.7 Å². The highest BCUT2D eigenvalue weighted by Gasteiger charge is 2.09. The number of rotatable bonds is 5. The summed E-state index contributed by atoms with van der Waals surface area (Å²) >= 11 is 3.56. The molecule has 4 heteroatoms. The van der Waals surface area contributed by atoms with E-state index in [4.69, 9.17) is 4.74 Å². The van der Waals surface area contributed by atoms with Crippen molar-refractivity contribution >= 4 is 38.3 Å². The van der Waals surface area contributed by atoms with Gasteiger partial charge in [0.15, 0.2) is 6.61 Å². The van der Waals surface area contributed by atoms with Crippen LogP contribution in [0.15, 0.2) is 65.1 Å². The van der Waals surface area contributed by atoms with E-state index in [9.17, 15) is 4.79 Å². The van der Waals surface area contributed by atoms with Crippen molar-refractivity contribution < 1.29 is 9.53 Å². The van der Waals surface area contributed by atoms with Crippen LogP contribution in [-0.2, 0) is 11.2 Å². The van der Waals surface area contributed by atoms with E-state index in [-0.39, 0.29) is 12.5 Å². The van der Waals surface area contributed by atoms with Crippen molar-refractivity contribution in [2.24, 2.45) is 0 Å². The number of benzene rings is 3. The molecule has 3 rings (SSSR count). The predicted molar refractivity (Wildman–Crippen MR) is 102 cm³/mol. The van der Waals surface area contributed by atoms with Gasteiger partial charge < -0.3 is 10.1 Å². The zero-order valence-electron chi connectivity index (χ0n) is 13.4. The van der Waals surface area contributed by atoms with E-state index in [1.807, 2.05) is 60.7 Å². The first-order chi connectivity index (χ1) is 11.7. The number of halogens is 1. The second-order valence-electron chi connectivity index (χ2n) is 5.49. The molecular formula is C20H18BrNO2. The number of nitrogens with one attached hydrogen (secondary N) is 1. The lowest BCUT2D eigenvalue weighted by Gasteiger charge is -2.11. The summed E-state index contributed by atoms with van der Waals surface area (Å²) < 4.78 is 6.53. The van der Waals surface area contributed by atoms with Gasteiger partial charge >= 0.3 is 0 Å². The topological polar surface area (TPSA) is 38.3 Å². The van der Waals surface area contributed by atoms with Gasteiger partial charge in [0.25, 0.3) is 5.91 Å². The molecule has 0 aliphatic carbocycles. The van der Waals surface area contributed by atoms with Gasteiger partial charge in [-0.1, -0.05) is 49.4 Å². The average molecular weight is 384 g/mol. The van der Waals surface area contributed by atoms with Crippen LogP contribution in [0.1, 0.15) is 12.5 Å². The largest absolute Gasteiger partial charge is 0.483 e. The molecule has 0 fully saturated rings. The lowest BCUT2D eigenvalue weighted by molar-refractivity contribution is -0.118. The molecule has 1 amide bonds. The van der Waals surface area contributed by atoms with Gasteiger partial charge in [0.05, 0.1) is 4.47 Å². The van der Waals surface area contributed by atoms with Crippen molar-refractivity contribution in [3.8, 4) is 5.75 Å². The van der Waals surface area contributed by atoms with Crippen LogP contribution in [-0.4, -0.2) is 12.5 Å². The van der Waals surface area contributed by atoms with Crippen LogP contribution in [0.4, 0.5) is 5.69 Å². The highest BCUT2D eigenvalue weighted by Crippen LogP contribution is 2.32. The molecule has 0 aromatic heterocycles. The average Bonchev–Trinajstić information content (AvgIpc) is 2.62. The second kappa shape index (κ2) is 7.49. The maximum absolute atomic E-state index is 12.1. The lowest BCUT2D eigenvalue weighted by atomic mass is 10.1. The van der Waals surface area contributed by atoms with Crippen molar-refractivity contribution in [1.29, 1.82) is 0 Å². The van der Waals surface area contributed by atoms with Crippen molar-refractivity contribution in [2.45, 2.75) is 13.3 Å². The molecule has 3 aromatic carbocycles. The minimum Gasteiger partial charge on any atom is -0.483 e. The van der Waals surface area contributed by atoms with Gasteiger partial charge in [-0.05, 0) is 56.9 Å². The molecule has 0 saturated heterocycles. The minimum absolute atomic E-state index is 0.0352. The number of hydrogen-bond acceptors (Lipinski definition) is 2. The summed E-state index contributed by atoms with van der Waals surface area (Å²) in [6.45, 7) is 2.06. The predicted octanol–water partition coefficient (Wildman–Crippen LogP) is 5.18. The Morgan fingerprint density at radius 2 is 1.79 bits per heavy atom. The van der Waals surface area contributed by atoms with Gasteiger partial charge in [-0.2, -0.15) is 0 Å². The molecule has 0 saturated carbocycles. The summed E-state index contributed by atoms with van der Waals surface area (Å²) in [4.78, 5) is 12.1. The van der Waals surface area contributed by atoms with Crippen molar-refractivity contribution in [1.82, 2.24) is 0 Å². The van der Waals surface area contributed by atoms with Crippen LogP contribution in [0, 0.1) is 0 Å². The molecular weight excluding hydrogens is 366 g/mol. The van der Waals surface area contributed by atoms with E-state index < -0.39 is 0 Å². The number of anilines is 1. The van der Waals surface area contributed by atoms with Crippen molar-refractivity contribution in [2.75, 3.05) is 11.9 Å². The Labute approximate surface area is 149 Å². The standard InChI is InChI=1S/C20H18BrNO2/c1-2-14-7-10-16(11-8-14)22-19(23)13-24-18-12-9-15-5-3-4-6-17(15)20(18)21/h3-12H,2,13H2,1H3,(H,22,23). The molecule has 0 heterocycles. The molecule has 0 spiro atoms. The first-order valence-corrected chi connectivity index (χ1v) is 8.65. The van der Waals surface area contributed by atoms with Gasteiger partial charge in [-0.15, -0.1) is 0 Å². The molecule has 0 radical (unpaired) electrons. The zero-order valence-corrected chi connectivity index (χ0v) is 15.0. The fourth-order valence-corrected chi connectivity index (χ4v) is 3.10. The molecule has 0 atom stereocenters. The number of amides is 1. The maximum atomic E-state index is 12.1. The Kier molecular flexibility index (Phi) is 5.16. The molecule has 3 nitrogen and oxygen atoms in total. The van der Waals surface area contributed by atoms with Gasteiger partial charge in [-0.3, -0.25) is 4.79 Å². The number of carbonyl (C=O) groups is 1. The molecule has 3 aromatic rings. The molecule has 122 valence electrons. The van der Waals surface area contributed by atoms with Crippen LogP contribution in [0.25, 0.3) is 10.8 Å². The number of fused-ring (bicyclic) bond motifs is 1. The Balaban J connectivity index is 1.64. The van der Waals surface area contributed by atoms with E-state index in [1.54, 1.807) is 0 Å². The molecule has 24 heavy (non-hydrogen) atoms. The highest BCUT2D eigenvalue weighted by molar-refractivity contribution is 9.10. The Morgan fingerprint density at radius 1 is 1.04 bits per heavy atom. The van der Waals surface area contributed by atoms with Gasteiger partial charge in [0.1, 0.15) is 5.75 Å². The molecule has 0 bridgehead atoms. The first-order valence-electron chi connectivity index (χ1n) is 7.86. The molecule has 1 N–H and O–H groups in total. The Bertz CT molecular complexity index is 859. The number of ether oxygens (including phenoxy) is 1. The smallest absolute Gasteiger partial charge is 0.262 e. The first kappa shape index (κ1) is 16.5. The summed E-state index contributed by atoms with van der Waals surface area (Å²) in [6.07, 6.45) is 0.979. The normalized spacial score (nSPS) is 10.6. The molecule has 0 aliphatic rings. The summed E-state index contributed by atoms with van der Waals surface area (Å²) in [5.41, 5.74) is 2.02. The number of aryl methyl sites for hydroxylation is 1. The summed E-state index contributed by atoms with van der Waals surface area (Å²) in [5, 5.41) is 5.02. The summed E-state index contributed by atoms with van der Waals surface area (Å²) in [6, 6.07) is 19.7. The van der Waals surface area contributed by atoms with Crippen LogP contribution >= 0.6 is 15.9 Å². The Morgan fingerprint density at radius 3 is 2.54 bits per heavy atom. The fraction of sp³-hybridized carbons (Fsp3) is 0.150. The minimum atomic E-state index is -0.181. The van der Waals surface area contributed by atoms with Crippen LogP contribution in [0.2, 0.25) is 0 Å². The van der Waals surface area contributed by atoms with E-state index >= 15 is 0 Å². The van der Waals surface area contributed by atoms with E-state index in [0.717, 1.165) is 27.4 Å². The molecule has 0 aliphatic heterocycles. The molecule has 0 unspecified atom stereocenters. The van der Waals surface area contributed by atoms with Crippen molar-refractivity contribution in [3.63, 3.8) is 0 Å². The van der Waals surface area contributed by atoms with Crippen LogP contribution < -0.4 is 10.1 Å². The van der Waals surface area contributed by atoms with E-state index in [2.05, 4.69) is 28.2 Å². The summed E-state index contributed by atoms with van der Waals surface area (Å²) in [7, 11) is 0. The third-order valence-corrected chi connectivity index (χ3v) is 4.65. The maximum Gasteiger partial charge on any atom is 0.262 e. The van der Waals surface area contributed by atoms with E-state index in [1.165, 1.54) is 5.56 Å². The Hall–Kier alpha value is -2.33. The zero-order chi connectivity index (χ0) is 16.9. The fourth-order valence-electron chi connectivity index (χ4n) is 2.49. The number of hydrogen-bond donors (Lipinski definition) is 1. The quantitative estimate of drug-likeness (QED) is 0.658. The summed E-state index contributed by atoms with van der Waals surface area (Å²) in [5.74, 6) is 0.476. The highest BCUT2D eigenvalue weighted by atomic mass is 79.9. The SMILES string of the molecule is CCc1ccc(NC(=O)COc2ccc3ccccc3c2Br)cc1. The second-order valence-corrected chi connectivity index (χ2v) is 6.28. The van der Waals surface area contributed by atoms with Gasteiger partial charge in [0.2, 0.25) is 0 Å². The van der Waals surface area contributed by atoms with Gasteiger partial charge in [0, 0.05) is 5.69 Å². The third kappa shape index (κ3) is 3.77. The van der Waals surface area contributed by atoms with E-state index in [0.29, 0.717) is 5.75 Å². The van der Waals surface area contributed by atoms with Crippen LogP contribution in [0.3, 0.4) is 0 Å². The van der Waals surface area contributed by atoms with Gasteiger partial charge in [-0.25, -0.2) is 0 Å².